The fourth-order valence-electron chi connectivity index (χ4n) is 3.02. The van der Waals surface area contributed by atoms with Gasteiger partial charge in [0.1, 0.15) is 5.76 Å². The van der Waals surface area contributed by atoms with Gasteiger partial charge in [0, 0.05) is 39.3 Å². The highest BCUT2D eigenvalue weighted by molar-refractivity contribution is 5.78. The Morgan fingerprint density at radius 1 is 1.27 bits per heavy atom. The SMILES string of the molecule is O=C(CN1CCN(Cc2ccco2)CC1)NCC1CCCO1. The number of furan rings is 1. The van der Waals surface area contributed by atoms with E-state index < -0.39 is 0 Å². The number of ether oxygens (including phenoxy) is 1. The molecule has 1 aromatic rings. The van der Waals surface area contributed by atoms with Crippen molar-refractivity contribution in [3.8, 4) is 0 Å². The molecule has 22 heavy (non-hydrogen) atoms. The largest absolute Gasteiger partial charge is 0.468 e. The van der Waals surface area contributed by atoms with Gasteiger partial charge >= 0.3 is 0 Å². The molecule has 122 valence electrons. The number of amides is 1. The van der Waals surface area contributed by atoms with Crippen LogP contribution >= 0.6 is 0 Å². The first-order valence-electron chi connectivity index (χ1n) is 8.15. The van der Waals surface area contributed by atoms with Crippen molar-refractivity contribution >= 4 is 5.91 Å². The number of nitrogens with one attached hydrogen (secondary N) is 1. The van der Waals surface area contributed by atoms with Crippen LogP contribution < -0.4 is 5.32 Å². The topological polar surface area (TPSA) is 58.0 Å². The van der Waals surface area contributed by atoms with Crippen molar-refractivity contribution in [2.45, 2.75) is 25.5 Å². The van der Waals surface area contributed by atoms with Crippen LogP contribution in [0.25, 0.3) is 0 Å². The minimum absolute atomic E-state index is 0.106. The summed E-state index contributed by atoms with van der Waals surface area (Å²) in [6.07, 6.45) is 4.10. The van der Waals surface area contributed by atoms with Gasteiger partial charge in [0.15, 0.2) is 0 Å². The third-order valence-corrected chi connectivity index (χ3v) is 4.34. The normalized spacial score (nSPS) is 23.7. The van der Waals surface area contributed by atoms with E-state index in [1.807, 2.05) is 12.1 Å². The Kier molecular flexibility index (Phi) is 5.48. The van der Waals surface area contributed by atoms with E-state index >= 15 is 0 Å². The summed E-state index contributed by atoms with van der Waals surface area (Å²) in [5, 5.41) is 2.99. The summed E-state index contributed by atoms with van der Waals surface area (Å²) in [6.45, 7) is 6.62. The molecule has 0 bridgehead atoms. The molecule has 1 N–H and O–H groups in total. The van der Waals surface area contributed by atoms with E-state index in [0.29, 0.717) is 13.1 Å². The van der Waals surface area contributed by atoms with Crippen molar-refractivity contribution < 1.29 is 13.9 Å². The van der Waals surface area contributed by atoms with Gasteiger partial charge in [0.05, 0.1) is 25.5 Å². The fourth-order valence-corrected chi connectivity index (χ4v) is 3.02. The summed E-state index contributed by atoms with van der Waals surface area (Å²) in [5.41, 5.74) is 0. The van der Waals surface area contributed by atoms with Crippen molar-refractivity contribution in [3.05, 3.63) is 24.2 Å². The maximum Gasteiger partial charge on any atom is 0.234 e. The molecular weight excluding hydrogens is 282 g/mol. The van der Waals surface area contributed by atoms with E-state index in [-0.39, 0.29) is 12.0 Å². The second kappa shape index (κ2) is 7.76. The zero-order valence-corrected chi connectivity index (χ0v) is 13.0. The summed E-state index contributed by atoms with van der Waals surface area (Å²) in [6, 6.07) is 3.93. The number of rotatable bonds is 6. The van der Waals surface area contributed by atoms with E-state index in [4.69, 9.17) is 9.15 Å². The molecule has 2 saturated heterocycles. The lowest BCUT2D eigenvalue weighted by Crippen LogP contribution is -2.49. The summed E-state index contributed by atoms with van der Waals surface area (Å²) in [4.78, 5) is 16.5. The fraction of sp³-hybridized carbons (Fsp3) is 0.688. The first kappa shape index (κ1) is 15.5. The molecule has 1 aromatic heterocycles. The molecule has 0 saturated carbocycles. The van der Waals surface area contributed by atoms with Crippen LogP contribution in [0.1, 0.15) is 18.6 Å². The summed E-state index contributed by atoms with van der Waals surface area (Å²) < 4.78 is 10.9. The first-order chi connectivity index (χ1) is 10.8. The number of carbonyl (C=O) groups excluding carboxylic acids is 1. The highest BCUT2D eigenvalue weighted by atomic mass is 16.5. The van der Waals surface area contributed by atoms with Gasteiger partial charge in [-0.2, -0.15) is 0 Å². The summed E-state index contributed by atoms with van der Waals surface area (Å²) in [5.74, 6) is 1.11. The van der Waals surface area contributed by atoms with Gasteiger partial charge in [-0.1, -0.05) is 0 Å². The van der Waals surface area contributed by atoms with Crippen LogP contribution in [0.2, 0.25) is 0 Å². The predicted molar refractivity (Wildman–Crippen MR) is 82.4 cm³/mol. The molecule has 3 rings (SSSR count). The standard InChI is InChI=1S/C16H25N3O3/c20-16(17-11-14-3-1-9-21-14)13-19-7-5-18(6-8-19)12-15-4-2-10-22-15/h2,4,10,14H,1,3,5-9,11-13H2,(H,17,20). The summed E-state index contributed by atoms with van der Waals surface area (Å²) >= 11 is 0. The van der Waals surface area contributed by atoms with Crippen LogP contribution in [0.3, 0.4) is 0 Å². The summed E-state index contributed by atoms with van der Waals surface area (Å²) in [7, 11) is 0. The van der Waals surface area contributed by atoms with Crippen molar-refractivity contribution in [2.24, 2.45) is 0 Å². The van der Waals surface area contributed by atoms with Gasteiger partial charge in [-0.15, -0.1) is 0 Å². The quantitative estimate of drug-likeness (QED) is 0.838. The number of hydrogen-bond donors (Lipinski definition) is 1. The molecule has 1 amide bonds. The molecule has 1 unspecified atom stereocenters. The molecule has 0 aromatic carbocycles. The van der Waals surface area contributed by atoms with E-state index in [9.17, 15) is 4.79 Å². The van der Waals surface area contributed by atoms with E-state index in [1.54, 1.807) is 6.26 Å². The first-order valence-corrected chi connectivity index (χ1v) is 8.15. The lowest BCUT2D eigenvalue weighted by molar-refractivity contribution is -0.123. The van der Waals surface area contributed by atoms with Crippen molar-refractivity contribution in [2.75, 3.05) is 45.9 Å². The highest BCUT2D eigenvalue weighted by Crippen LogP contribution is 2.11. The van der Waals surface area contributed by atoms with Gasteiger partial charge in [-0.25, -0.2) is 0 Å². The monoisotopic (exact) mass is 307 g/mol. The maximum atomic E-state index is 12.0. The van der Waals surface area contributed by atoms with Crippen LogP contribution in [0, 0.1) is 0 Å². The second-order valence-electron chi connectivity index (χ2n) is 6.07. The number of carbonyl (C=O) groups is 1. The Balaban J connectivity index is 1.32. The van der Waals surface area contributed by atoms with Gasteiger partial charge in [0.2, 0.25) is 5.91 Å². The molecule has 2 aliphatic heterocycles. The Morgan fingerprint density at radius 3 is 2.77 bits per heavy atom. The van der Waals surface area contributed by atoms with Crippen LogP contribution in [0.5, 0.6) is 0 Å². The minimum atomic E-state index is 0.106. The van der Waals surface area contributed by atoms with Crippen LogP contribution in [-0.4, -0.2) is 67.7 Å². The van der Waals surface area contributed by atoms with Crippen molar-refractivity contribution in [3.63, 3.8) is 0 Å². The lowest BCUT2D eigenvalue weighted by atomic mass is 10.2. The molecule has 1 atom stereocenters. The maximum absolute atomic E-state index is 12.0. The van der Waals surface area contributed by atoms with Gasteiger partial charge in [0.25, 0.3) is 0 Å². The van der Waals surface area contributed by atoms with Crippen LogP contribution in [0.4, 0.5) is 0 Å². The molecule has 0 aliphatic carbocycles. The van der Waals surface area contributed by atoms with Gasteiger partial charge in [-0.3, -0.25) is 14.6 Å². The number of piperazine rings is 1. The molecule has 3 heterocycles. The molecule has 6 nitrogen and oxygen atoms in total. The van der Waals surface area contributed by atoms with Gasteiger partial charge in [-0.05, 0) is 25.0 Å². The van der Waals surface area contributed by atoms with Gasteiger partial charge < -0.3 is 14.5 Å². The number of hydrogen-bond acceptors (Lipinski definition) is 5. The van der Waals surface area contributed by atoms with Crippen molar-refractivity contribution in [1.82, 2.24) is 15.1 Å². The third-order valence-electron chi connectivity index (χ3n) is 4.34. The molecule has 2 aliphatic rings. The van der Waals surface area contributed by atoms with E-state index in [2.05, 4.69) is 15.1 Å². The van der Waals surface area contributed by atoms with E-state index in [1.165, 1.54) is 0 Å². The van der Waals surface area contributed by atoms with E-state index in [0.717, 1.165) is 57.9 Å². The smallest absolute Gasteiger partial charge is 0.234 e. The average Bonchev–Trinajstić information content (AvgIpc) is 3.20. The number of nitrogens with zero attached hydrogens (tertiary/aromatic N) is 2. The molecular formula is C16H25N3O3. The van der Waals surface area contributed by atoms with Crippen LogP contribution in [0.15, 0.2) is 22.8 Å². The third kappa shape index (κ3) is 4.56. The molecule has 0 spiro atoms. The van der Waals surface area contributed by atoms with Crippen LogP contribution in [-0.2, 0) is 16.1 Å². The second-order valence-corrected chi connectivity index (χ2v) is 6.07. The molecule has 6 heteroatoms. The lowest BCUT2D eigenvalue weighted by Gasteiger charge is -2.33. The average molecular weight is 307 g/mol. The Hall–Kier alpha value is -1.37. The molecule has 2 fully saturated rings. The zero-order chi connectivity index (χ0) is 15.2. The minimum Gasteiger partial charge on any atom is -0.468 e. The Labute approximate surface area is 131 Å². The van der Waals surface area contributed by atoms with Crippen molar-refractivity contribution in [1.29, 1.82) is 0 Å². The zero-order valence-electron chi connectivity index (χ0n) is 13.0. The Bertz CT molecular complexity index is 449. The molecule has 0 radical (unpaired) electrons. The highest BCUT2D eigenvalue weighted by Gasteiger charge is 2.21. The predicted octanol–water partition coefficient (Wildman–Crippen LogP) is 0.692. The Morgan fingerprint density at radius 2 is 2.09 bits per heavy atom.